The van der Waals surface area contributed by atoms with E-state index in [2.05, 4.69) is 133 Å². The van der Waals surface area contributed by atoms with Gasteiger partial charge in [0.15, 0.2) is 0 Å². The Balaban J connectivity index is 0.00000160. The minimum atomic E-state index is -0.528. The minimum Gasteiger partial charge on any atom is -0.412 e. The first-order valence-electron chi connectivity index (χ1n) is 9.39. The third kappa shape index (κ3) is 7.35. The molecule has 4 rings (SSSR count). The summed E-state index contributed by atoms with van der Waals surface area (Å²) in [4.78, 5) is 0. The zero-order chi connectivity index (χ0) is 19.0. The second kappa shape index (κ2) is 14.2. The van der Waals surface area contributed by atoms with Crippen LogP contribution in [0.4, 0.5) is 0 Å². The molecule has 0 heterocycles. The van der Waals surface area contributed by atoms with Crippen LogP contribution in [0.1, 0.15) is 0 Å². The van der Waals surface area contributed by atoms with Crippen molar-refractivity contribution >= 4 is 37.1 Å². The second-order valence-corrected chi connectivity index (χ2v) is 10.5. The Bertz CT molecular complexity index is 846. The molecular weight excluding hydrogens is 597 g/mol. The first kappa shape index (κ1) is 27.2. The van der Waals surface area contributed by atoms with Gasteiger partial charge in [0.1, 0.15) is 0 Å². The monoisotopic (exact) mass is 624 g/mol. The summed E-state index contributed by atoms with van der Waals surface area (Å²) in [5.74, 6) is 4.90. The Morgan fingerprint density at radius 1 is 0.387 bits per heavy atom. The van der Waals surface area contributed by atoms with Crippen LogP contribution in [0.15, 0.2) is 133 Å². The smallest absolute Gasteiger partial charge is 0 e. The van der Waals surface area contributed by atoms with Crippen LogP contribution in [0.5, 0.6) is 0 Å². The van der Waals surface area contributed by atoms with E-state index in [1.165, 1.54) is 21.2 Å². The number of benzene rings is 4. The van der Waals surface area contributed by atoms with E-state index < -0.39 is 15.8 Å². The van der Waals surface area contributed by atoms with Gasteiger partial charge < -0.3 is 12.9 Å². The first-order chi connectivity index (χ1) is 13.9. The molecule has 0 fully saturated rings. The Morgan fingerprint density at radius 3 is 0.774 bits per heavy atom. The van der Waals surface area contributed by atoms with E-state index >= 15 is 0 Å². The Labute approximate surface area is 203 Å². The molecule has 0 unspecified atom stereocenters. The van der Waals surface area contributed by atoms with Crippen LogP contribution in [0.2, 0.25) is 0 Å². The molecule has 0 aromatic heterocycles. The molecule has 0 bridgehead atoms. The maximum Gasteiger partial charge on any atom is 0 e. The molecule has 1 nitrogen and oxygen atoms in total. The van der Waals surface area contributed by atoms with E-state index in [0.29, 0.717) is 0 Å². The van der Waals surface area contributed by atoms with Crippen molar-refractivity contribution in [2.45, 2.75) is 0 Å². The molecule has 0 radical (unpaired) electrons. The second-order valence-electron chi connectivity index (χ2n) is 6.38. The van der Waals surface area contributed by atoms with Crippen molar-refractivity contribution in [3.8, 4) is 0 Å². The summed E-state index contributed by atoms with van der Waals surface area (Å²) in [6.45, 7) is 0. The van der Waals surface area contributed by atoms with Crippen molar-refractivity contribution in [3.05, 3.63) is 140 Å². The van der Waals surface area contributed by atoms with Gasteiger partial charge in [-0.2, -0.15) is 0 Å². The van der Waals surface area contributed by atoms with Gasteiger partial charge in [-0.25, -0.2) is 0 Å². The molecular formula is C27H27OP2Pt-. The van der Waals surface area contributed by atoms with Crippen molar-refractivity contribution < 1.29 is 26.5 Å². The fourth-order valence-electron chi connectivity index (χ4n) is 3.13. The molecule has 4 aromatic carbocycles. The van der Waals surface area contributed by atoms with Gasteiger partial charge >= 0.3 is 0 Å². The molecule has 0 amide bonds. The average molecular weight is 625 g/mol. The topological polar surface area (TPSA) is 31.5 Å². The van der Waals surface area contributed by atoms with Gasteiger partial charge in [-0.15, -0.1) is 0 Å². The van der Waals surface area contributed by atoms with E-state index in [-0.39, 0.29) is 34.0 Å². The zero-order valence-corrected chi connectivity index (χ0v) is 21.5. The SMILES string of the molecule is C(=C/P(c1ccccc1)c1ccccc1)/P(c1ccccc1)c1ccccc1.O.[CH3-].[Pt]. The summed E-state index contributed by atoms with van der Waals surface area (Å²) in [5, 5.41) is 5.54. The van der Waals surface area contributed by atoms with Gasteiger partial charge in [-0.1, -0.05) is 133 Å². The van der Waals surface area contributed by atoms with Gasteiger partial charge in [-0.3, -0.25) is 0 Å². The molecule has 31 heavy (non-hydrogen) atoms. The molecule has 0 spiro atoms. The summed E-state index contributed by atoms with van der Waals surface area (Å²) in [6.07, 6.45) is 0. The fraction of sp³-hybridized carbons (Fsp3) is 0. The Kier molecular flexibility index (Phi) is 12.5. The van der Waals surface area contributed by atoms with Crippen LogP contribution in [0, 0.1) is 7.43 Å². The van der Waals surface area contributed by atoms with E-state index in [9.17, 15) is 0 Å². The van der Waals surface area contributed by atoms with E-state index in [0.717, 1.165) is 0 Å². The quantitative estimate of drug-likeness (QED) is 0.205. The van der Waals surface area contributed by atoms with E-state index in [1.54, 1.807) is 0 Å². The predicted molar refractivity (Wildman–Crippen MR) is 137 cm³/mol. The molecule has 0 atom stereocenters. The van der Waals surface area contributed by atoms with Crippen molar-refractivity contribution in [2.75, 3.05) is 0 Å². The van der Waals surface area contributed by atoms with Crippen molar-refractivity contribution in [1.82, 2.24) is 0 Å². The van der Waals surface area contributed by atoms with Gasteiger partial charge in [0.25, 0.3) is 0 Å². The number of hydrogen-bond donors (Lipinski definition) is 0. The molecule has 0 aliphatic rings. The maximum atomic E-state index is 2.45. The normalized spacial score (nSPS) is 10.3. The molecule has 2 N–H and O–H groups in total. The standard InChI is InChI=1S/C26H22P2.CH3.H2O.Pt/c1-5-13-23(14-6-1)27(24-15-7-2-8-16-24)21-22-28(25-17-9-3-10-18-25)26-19-11-4-12-20-26;;;/h1-22H;1H3;1H2;/q;-1;;/b22-21-;;;. The molecule has 4 heteroatoms. The van der Waals surface area contributed by atoms with Gasteiger partial charge in [-0.05, 0) is 37.1 Å². The summed E-state index contributed by atoms with van der Waals surface area (Å²) in [7, 11) is -1.06. The van der Waals surface area contributed by atoms with Gasteiger partial charge in [0.05, 0.1) is 0 Å². The van der Waals surface area contributed by atoms with Gasteiger partial charge in [0.2, 0.25) is 0 Å². The predicted octanol–water partition coefficient (Wildman–Crippen LogP) is 5.35. The molecule has 0 saturated carbocycles. The summed E-state index contributed by atoms with van der Waals surface area (Å²) >= 11 is 0. The first-order valence-corrected chi connectivity index (χ1v) is 12.2. The van der Waals surface area contributed by atoms with Crippen LogP contribution >= 0.6 is 15.8 Å². The van der Waals surface area contributed by atoms with Crippen molar-refractivity contribution in [3.63, 3.8) is 0 Å². The number of hydrogen-bond acceptors (Lipinski definition) is 0. The van der Waals surface area contributed by atoms with Crippen LogP contribution in [-0.2, 0) is 21.1 Å². The van der Waals surface area contributed by atoms with E-state index in [4.69, 9.17) is 0 Å². The van der Waals surface area contributed by atoms with Crippen molar-refractivity contribution in [1.29, 1.82) is 0 Å². The molecule has 0 aliphatic carbocycles. The zero-order valence-electron chi connectivity index (χ0n) is 17.4. The minimum absolute atomic E-state index is 0. The molecule has 0 aliphatic heterocycles. The third-order valence-electron chi connectivity index (χ3n) is 4.50. The summed E-state index contributed by atoms with van der Waals surface area (Å²) < 4.78 is 0. The van der Waals surface area contributed by atoms with Crippen LogP contribution in [0.25, 0.3) is 0 Å². The molecule has 4 aromatic rings. The third-order valence-corrected chi connectivity index (χ3v) is 9.05. The Hall–Kier alpha value is -1.87. The largest absolute Gasteiger partial charge is 0.412 e. The average Bonchev–Trinajstić information content (AvgIpc) is 2.79. The van der Waals surface area contributed by atoms with Crippen LogP contribution in [0.3, 0.4) is 0 Å². The van der Waals surface area contributed by atoms with Crippen LogP contribution in [-0.4, -0.2) is 5.48 Å². The van der Waals surface area contributed by atoms with Crippen LogP contribution < -0.4 is 21.2 Å². The fourth-order valence-corrected chi connectivity index (χ4v) is 7.45. The summed E-state index contributed by atoms with van der Waals surface area (Å²) in [5.41, 5.74) is 0. The van der Waals surface area contributed by atoms with Gasteiger partial charge in [0, 0.05) is 21.1 Å². The molecule has 162 valence electrons. The molecule has 0 saturated heterocycles. The Morgan fingerprint density at radius 2 is 0.581 bits per heavy atom. The van der Waals surface area contributed by atoms with E-state index in [1.807, 2.05) is 0 Å². The summed E-state index contributed by atoms with van der Waals surface area (Å²) in [6, 6.07) is 43.4. The van der Waals surface area contributed by atoms with Crippen molar-refractivity contribution in [2.24, 2.45) is 0 Å². The maximum absolute atomic E-state index is 2.45. The number of rotatable bonds is 6.